The highest BCUT2D eigenvalue weighted by Crippen LogP contribution is 2.29. The van der Waals surface area contributed by atoms with Crippen LogP contribution in [0.1, 0.15) is 24.2 Å². The molecule has 0 saturated heterocycles. The van der Waals surface area contributed by atoms with E-state index in [0.29, 0.717) is 46.4 Å². The summed E-state index contributed by atoms with van der Waals surface area (Å²) in [6, 6.07) is 5.46. The van der Waals surface area contributed by atoms with E-state index >= 15 is 0 Å². The molecule has 0 fully saturated rings. The first-order valence-electron chi connectivity index (χ1n) is 9.33. The molecule has 1 aromatic carbocycles. The lowest BCUT2D eigenvalue weighted by Gasteiger charge is -2.13. The summed E-state index contributed by atoms with van der Waals surface area (Å²) in [5.74, 6) is -0.229. The Morgan fingerprint density at radius 3 is 3.03 bits per heavy atom. The lowest BCUT2D eigenvalue weighted by atomic mass is 10.1. The van der Waals surface area contributed by atoms with Crippen LogP contribution < -0.4 is 5.32 Å². The Labute approximate surface area is 172 Å². The maximum Gasteiger partial charge on any atom is 0.255 e. The Hall–Kier alpha value is -2.97. The van der Waals surface area contributed by atoms with Crippen molar-refractivity contribution in [1.29, 1.82) is 0 Å². The summed E-state index contributed by atoms with van der Waals surface area (Å²) in [7, 11) is 1.85. The van der Waals surface area contributed by atoms with E-state index in [1.165, 1.54) is 0 Å². The van der Waals surface area contributed by atoms with E-state index in [-0.39, 0.29) is 11.9 Å². The normalized spacial score (nSPS) is 12.6. The summed E-state index contributed by atoms with van der Waals surface area (Å²) in [5.41, 5.74) is 3.63. The molecule has 4 rings (SSSR count). The molecule has 0 radical (unpaired) electrons. The topological polar surface area (TPSA) is 97.7 Å². The number of carbonyl (C=O) groups excluding carboxylic acids is 1. The van der Waals surface area contributed by atoms with Crippen LogP contribution in [0.2, 0.25) is 5.02 Å². The number of aryl methyl sites for hydroxylation is 1. The number of amides is 1. The van der Waals surface area contributed by atoms with E-state index < -0.39 is 0 Å². The highest BCUT2D eigenvalue weighted by Gasteiger charge is 2.19. The zero-order valence-corrected chi connectivity index (χ0v) is 17.1. The van der Waals surface area contributed by atoms with Crippen molar-refractivity contribution in [2.45, 2.75) is 19.9 Å². The van der Waals surface area contributed by atoms with Crippen molar-refractivity contribution in [1.82, 2.24) is 30.0 Å². The Morgan fingerprint density at radius 2 is 2.24 bits per heavy atom. The molecule has 0 saturated carbocycles. The smallest absolute Gasteiger partial charge is 0.255 e. The fourth-order valence-corrected chi connectivity index (χ4v) is 3.40. The minimum Gasteiger partial charge on any atom is -0.380 e. The number of ether oxygens (including phenoxy) is 1. The molecular weight excluding hydrogens is 392 g/mol. The lowest BCUT2D eigenvalue weighted by molar-refractivity contribution is 0.0873. The van der Waals surface area contributed by atoms with Gasteiger partial charge in [0.1, 0.15) is 16.9 Å². The quantitative estimate of drug-likeness (QED) is 0.506. The van der Waals surface area contributed by atoms with Gasteiger partial charge in [-0.1, -0.05) is 11.6 Å². The van der Waals surface area contributed by atoms with Gasteiger partial charge in [0.25, 0.3) is 5.91 Å². The second-order valence-corrected chi connectivity index (χ2v) is 7.26. The highest BCUT2D eigenvalue weighted by atomic mass is 35.5. The zero-order valence-electron chi connectivity index (χ0n) is 16.4. The summed E-state index contributed by atoms with van der Waals surface area (Å²) >= 11 is 6.11. The number of benzene rings is 1. The third-order valence-corrected chi connectivity index (χ3v) is 4.87. The molecule has 1 amide bonds. The van der Waals surface area contributed by atoms with Gasteiger partial charge in [-0.25, -0.2) is 9.97 Å². The number of carbonyl (C=O) groups is 1. The fourth-order valence-electron chi connectivity index (χ4n) is 3.24. The molecule has 0 spiro atoms. The van der Waals surface area contributed by atoms with Crippen LogP contribution in [0.4, 0.5) is 0 Å². The summed E-state index contributed by atoms with van der Waals surface area (Å²) in [5, 5.41) is 9.05. The third kappa shape index (κ3) is 3.68. The molecule has 1 atom stereocenters. The molecule has 2 N–H and O–H groups in total. The van der Waals surface area contributed by atoms with E-state index in [9.17, 15) is 4.79 Å². The van der Waals surface area contributed by atoms with E-state index in [4.69, 9.17) is 16.3 Å². The van der Waals surface area contributed by atoms with Gasteiger partial charge in [-0.3, -0.25) is 9.48 Å². The molecule has 1 unspecified atom stereocenters. The first kappa shape index (κ1) is 19.4. The number of rotatable bonds is 6. The number of fused-ring (bicyclic) bond motifs is 2. The molecule has 8 nitrogen and oxygen atoms in total. The number of H-pyrrole nitrogens is 1. The highest BCUT2D eigenvalue weighted by molar-refractivity contribution is 6.31. The summed E-state index contributed by atoms with van der Waals surface area (Å²) in [6.45, 7) is 4.86. The third-order valence-electron chi connectivity index (χ3n) is 4.63. The SMILES string of the molecule is CCOCC(C)NC(=O)c1c[nH]c2ncc(-c3nn(C)c4cc(Cl)ccc34)nc12. The van der Waals surface area contributed by atoms with Gasteiger partial charge >= 0.3 is 0 Å². The predicted molar refractivity (Wildman–Crippen MR) is 112 cm³/mol. The maximum atomic E-state index is 12.7. The molecule has 150 valence electrons. The van der Waals surface area contributed by atoms with Crippen molar-refractivity contribution in [3.8, 4) is 11.4 Å². The van der Waals surface area contributed by atoms with Crippen LogP contribution in [-0.2, 0) is 11.8 Å². The van der Waals surface area contributed by atoms with Gasteiger partial charge in [-0.2, -0.15) is 5.10 Å². The van der Waals surface area contributed by atoms with Crippen LogP contribution in [0.5, 0.6) is 0 Å². The Bertz CT molecular complexity index is 1200. The van der Waals surface area contributed by atoms with Crippen LogP contribution in [0, 0.1) is 0 Å². The van der Waals surface area contributed by atoms with Gasteiger partial charge in [0.05, 0.1) is 23.9 Å². The molecule has 0 aliphatic rings. The summed E-state index contributed by atoms with van der Waals surface area (Å²) in [4.78, 5) is 24.8. The number of nitrogens with one attached hydrogen (secondary N) is 2. The predicted octanol–water partition coefficient (Wildman–Crippen LogP) is 3.32. The van der Waals surface area contributed by atoms with Crippen molar-refractivity contribution in [3.05, 3.63) is 41.2 Å². The van der Waals surface area contributed by atoms with E-state index in [0.717, 1.165) is 10.9 Å². The Morgan fingerprint density at radius 1 is 1.41 bits per heavy atom. The van der Waals surface area contributed by atoms with Crippen molar-refractivity contribution in [3.63, 3.8) is 0 Å². The molecule has 0 aliphatic heterocycles. The van der Waals surface area contributed by atoms with Crippen molar-refractivity contribution in [2.75, 3.05) is 13.2 Å². The van der Waals surface area contributed by atoms with E-state index in [1.807, 2.05) is 39.1 Å². The van der Waals surface area contributed by atoms with E-state index in [1.54, 1.807) is 17.1 Å². The fraction of sp³-hybridized carbons (Fsp3) is 0.300. The molecule has 3 heterocycles. The molecular formula is C20H21ClN6O2. The first-order chi connectivity index (χ1) is 14.0. The molecule has 0 aliphatic carbocycles. The maximum absolute atomic E-state index is 12.7. The number of hydrogen-bond acceptors (Lipinski definition) is 5. The molecule has 29 heavy (non-hydrogen) atoms. The van der Waals surface area contributed by atoms with Crippen molar-refractivity contribution >= 4 is 39.6 Å². The minimum absolute atomic E-state index is 0.118. The largest absolute Gasteiger partial charge is 0.380 e. The average Bonchev–Trinajstić information content (AvgIpc) is 3.27. The van der Waals surface area contributed by atoms with Crippen LogP contribution in [0.25, 0.3) is 33.5 Å². The minimum atomic E-state index is -0.229. The van der Waals surface area contributed by atoms with Crippen molar-refractivity contribution < 1.29 is 9.53 Å². The van der Waals surface area contributed by atoms with Crippen LogP contribution in [-0.4, -0.2) is 49.9 Å². The van der Waals surface area contributed by atoms with Gasteiger partial charge in [0, 0.05) is 36.3 Å². The van der Waals surface area contributed by atoms with Gasteiger partial charge < -0.3 is 15.0 Å². The van der Waals surface area contributed by atoms with Crippen molar-refractivity contribution in [2.24, 2.45) is 7.05 Å². The molecule has 9 heteroatoms. The van der Waals surface area contributed by atoms with Crippen LogP contribution in [0.3, 0.4) is 0 Å². The van der Waals surface area contributed by atoms with Gasteiger partial charge in [0.15, 0.2) is 5.65 Å². The summed E-state index contributed by atoms with van der Waals surface area (Å²) in [6.07, 6.45) is 3.27. The zero-order chi connectivity index (χ0) is 20.5. The van der Waals surface area contributed by atoms with Gasteiger partial charge in [0.2, 0.25) is 0 Å². The average molecular weight is 413 g/mol. The van der Waals surface area contributed by atoms with Gasteiger partial charge in [-0.05, 0) is 32.0 Å². The number of halogens is 1. The van der Waals surface area contributed by atoms with E-state index in [2.05, 4.69) is 25.4 Å². The summed E-state index contributed by atoms with van der Waals surface area (Å²) < 4.78 is 7.11. The van der Waals surface area contributed by atoms with Crippen LogP contribution in [0.15, 0.2) is 30.6 Å². The second-order valence-electron chi connectivity index (χ2n) is 6.82. The number of hydrogen-bond donors (Lipinski definition) is 2. The first-order valence-corrected chi connectivity index (χ1v) is 9.71. The lowest BCUT2D eigenvalue weighted by Crippen LogP contribution is -2.35. The Balaban J connectivity index is 1.72. The molecule has 4 aromatic rings. The number of nitrogens with zero attached hydrogens (tertiary/aromatic N) is 4. The number of aromatic nitrogens is 5. The van der Waals surface area contributed by atoms with Crippen LogP contribution >= 0.6 is 11.6 Å². The Kier molecular flexibility index (Phi) is 5.21. The molecule has 3 aromatic heterocycles. The standard InChI is InChI=1S/C20H21ClN6O2/c1-4-29-10-11(2)24-20(28)14-8-22-19-18(14)25-15(9-23-19)17-13-6-5-12(21)7-16(13)27(3)26-17/h5-9,11H,4,10H2,1-3H3,(H,22,23)(H,24,28). The molecule has 0 bridgehead atoms. The monoisotopic (exact) mass is 412 g/mol. The van der Waals surface area contributed by atoms with Gasteiger partial charge in [-0.15, -0.1) is 0 Å². The number of aromatic amines is 1. The second kappa shape index (κ2) is 7.81.